The zero-order chi connectivity index (χ0) is 7.78. The molecule has 60 valence electrons. The van der Waals surface area contributed by atoms with E-state index in [9.17, 15) is 4.21 Å². The van der Waals surface area contributed by atoms with E-state index in [0.717, 1.165) is 6.42 Å². The van der Waals surface area contributed by atoms with Crippen LogP contribution in [0.15, 0.2) is 0 Å². The van der Waals surface area contributed by atoms with Crippen molar-refractivity contribution < 1.29 is 12.6 Å². The second-order valence-corrected chi connectivity index (χ2v) is 4.11. The molecule has 1 aliphatic heterocycles. The molecule has 4 heteroatoms. The minimum atomic E-state index is -2.68. The third-order valence-corrected chi connectivity index (χ3v) is 2.53. The first-order valence-electron chi connectivity index (χ1n) is 3.23. The largest absolute Gasteiger partial charge is 0.275 e. The van der Waals surface area contributed by atoms with E-state index in [-0.39, 0.29) is 12.2 Å². The van der Waals surface area contributed by atoms with Crippen LogP contribution in [-0.4, -0.2) is 22.3 Å². The van der Waals surface area contributed by atoms with Gasteiger partial charge in [-0.2, -0.15) is 0 Å². The van der Waals surface area contributed by atoms with Gasteiger partial charge in [0.15, 0.2) is 10.1 Å². The fraction of sp³-hybridized carbons (Fsp3) is 0.833. The highest BCUT2D eigenvalue weighted by atomic mass is 32.2. The van der Waals surface area contributed by atoms with Crippen molar-refractivity contribution >= 4 is 16.0 Å². The predicted octanol–water partition coefficient (Wildman–Crippen LogP) is 0.747. The summed E-state index contributed by atoms with van der Waals surface area (Å²) in [5.74, 6) is 3.31. The van der Waals surface area contributed by atoms with Crippen molar-refractivity contribution in [1.29, 1.82) is 0 Å². The molecule has 0 spiro atoms. The Morgan fingerprint density at radius 2 is 1.80 bits per heavy atom. The van der Waals surface area contributed by atoms with Gasteiger partial charge in [-0.1, -0.05) is 0 Å². The van der Waals surface area contributed by atoms with Crippen LogP contribution in [0.4, 0.5) is 0 Å². The lowest BCUT2D eigenvalue weighted by Crippen LogP contribution is -2.31. The Balaban J connectivity index is 2.69. The molecule has 0 aromatic carbocycles. The Kier molecular flexibility index (Phi) is 2.03. The van der Waals surface area contributed by atoms with Crippen molar-refractivity contribution in [3.05, 3.63) is 0 Å². The summed E-state index contributed by atoms with van der Waals surface area (Å²) in [5.41, 5.74) is 0. The molecule has 0 aliphatic carbocycles. The van der Waals surface area contributed by atoms with Gasteiger partial charge in [0.25, 0.3) is 0 Å². The van der Waals surface area contributed by atoms with Gasteiger partial charge in [0.05, 0.1) is 12.2 Å². The van der Waals surface area contributed by atoms with Crippen LogP contribution in [-0.2, 0) is 18.4 Å². The van der Waals surface area contributed by atoms with Crippen molar-refractivity contribution in [3.8, 4) is 0 Å². The average Bonchev–Trinajstić information content (AvgIpc) is 1.54. The first-order chi connectivity index (χ1) is 4.49. The maximum atomic E-state index is 11.1. The maximum Gasteiger partial charge on any atom is 0.198 e. The van der Waals surface area contributed by atoms with Crippen molar-refractivity contribution in [1.82, 2.24) is 0 Å². The van der Waals surface area contributed by atoms with Crippen molar-refractivity contribution in [2.75, 3.05) is 0 Å². The number of rotatable bonds is 0. The molecule has 0 N–H and O–H groups in total. The second-order valence-electron chi connectivity index (χ2n) is 2.61. The SMILES string of the molecule is C=S1(=O)OC(C)CC(C)O1. The maximum absolute atomic E-state index is 11.1. The minimum Gasteiger partial charge on any atom is -0.275 e. The molecule has 2 atom stereocenters. The van der Waals surface area contributed by atoms with Gasteiger partial charge in [0, 0.05) is 12.3 Å². The molecule has 2 unspecified atom stereocenters. The summed E-state index contributed by atoms with van der Waals surface area (Å²) < 4.78 is 20.9. The van der Waals surface area contributed by atoms with Crippen LogP contribution in [0.2, 0.25) is 0 Å². The Labute approximate surface area is 61.7 Å². The van der Waals surface area contributed by atoms with Gasteiger partial charge in [0.2, 0.25) is 0 Å². The number of hydrogen-bond donors (Lipinski definition) is 0. The fourth-order valence-electron chi connectivity index (χ4n) is 1.07. The third kappa shape index (κ3) is 1.97. The van der Waals surface area contributed by atoms with Crippen LogP contribution in [0, 0.1) is 0 Å². The highest BCUT2D eigenvalue weighted by Crippen LogP contribution is 2.18. The van der Waals surface area contributed by atoms with E-state index in [4.69, 9.17) is 8.37 Å². The van der Waals surface area contributed by atoms with Gasteiger partial charge in [-0.3, -0.25) is 8.37 Å². The van der Waals surface area contributed by atoms with Crippen LogP contribution >= 0.6 is 0 Å². The highest BCUT2D eigenvalue weighted by molar-refractivity contribution is 7.91. The molecule has 1 fully saturated rings. The molecule has 1 aliphatic rings. The second kappa shape index (κ2) is 2.53. The summed E-state index contributed by atoms with van der Waals surface area (Å²) in [6, 6.07) is 0. The van der Waals surface area contributed by atoms with Crippen LogP contribution in [0.1, 0.15) is 20.3 Å². The molecule has 10 heavy (non-hydrogen) atoms. The summed E-state index contributed by atoms with van der Waals surface area (Å²) in [4.78, 5) is 0. The lowest BCUT2D eigenvalue weighted by Gasteiger charge is -2.26. The normalized spacial score (nSPS) is 49.0. The molecule has 0 aromatic heterocycles. The predicted molar refractivity (Wildman–Crippen MR) is 41.0 cm³/mol. The van der Waals surface area contributed by atoms with Crippen molar-refractivity contribution in [2.24, 2.45) is 0 Å². The topological polar surface area (TPSA) is 35.5 Å². The Morgan fingerprint density at radius 3 is 2.10 bits per heavy atom. The smallest absolute Gasteiger partial charge is 0.198 e. The first-order valence-corrected chi connectivity index (χ1v) is 4.81. The van der Waals surface area contributed by atoms with Gasteiger partial charge in [-0.05, 0) is 13.8 Å². The molecule has 0 bridgehead atoms. The summed E-state index contributed by atoms with van der Waals surface area (Å²) in [6.07, 6.45) is 0.773. The molecule has 1 heterocycles. The summed E-state index contributed by atoms with van der Waals surface area (Å²) in [6.45, 7) is 3.73. The Bertz CT molecular complexity index is 191. The molecule has 1 saturated heterocycles. The molecule has 0 radical (unpaired) electrons. The van der Waals surface area contributed by atoms with Gasteiger partial charge >= 0.3 is 0 Å². The van der Waals surface area contributed by atoms with Crippen LogP contribution in [0.3, 0.4) is 0 Å². The van der Waals surface area contributed by atoms with Crippen LogP contribution in [0.5, 0.6) is 0 Å². The van der Waals surface area contributed by atoms with E-state index >= 15 is 0 Å². The molecular weight excluding hydrogens is 152 g/mol. The molecule has 0 amide bonds. The van der Waals surface area contributed by atoms with Gasteiger partial charge < -0.3 is 0 Å². The monoisotopic (exact) mass is 164 g/mol. The lowest BCUT2D eigenvalue weighted by molar-refractivity contribution is 0.0752. The van der Waals surface area contributed by atoms with Gasteiger partial charge in [0.1, 0.15) is 0 Å². The summed E-state index contributed by atoms with van der Waals surface area (Å²) in [7, 11) is -2.68. The first kappa shape index (κ1) is 8.04. The van der Waals surface area contributed by atoms with Gasteiger partial charge in [-0.25, -0.2) is 4.21 Å². The molecule has 0 aromatic rings. The third-order valence-electron chi connectivity index (χ3n) is 1.29. The van der Waals surface area contributed by atoms with E-state index in [2.05, 4.69) is 5.87 Å². The average molecular weight is 164 g/mol. The molecule has 1 rings (SSSR count). The Morgan fingerprint density at radius 1 is 1.40 bits per heavy atom. The van der Waals surface area contributed by atoms with E-state index < -0.39 is 10.1 Å². The van der Waals surface area contributed by atoms with Crippen molar-refractivity contribution in [2.45, 2.75) is 32.5 Å². The van der Waals surface area contributed by atoms with Crippen LogP contribution in [0.25, 0.3) is 0 Å². The van der Waals surface area contributed by atoms with Crippen molar-refractivity contribution in [3.63, 3.8) is 0 Å². The van der Waals surface area contributed by atoms with E-state index in [1.54, 1.807) is 0 Å². The molecular formula is C6H12O3S. The van der Waals surface area contributed by atoms with E-state index in [1.807, 2.05) is 13.8 Å². The Hall–Kier alpha value is -0.0600. The molecule has 3 nitrogen and oxygen atoms in total. The lowest BCUT2D eigenvalue weighted by atomic mass is 10.2. The highest BCUT2D eigenvalue weighted by Gasteiger charge is 2.23. The molecule has 0 saturated carbocycles. The van der Waals surface area contributed by atoms with E-state index in [0.29, 0.717) is 0 Å². The summed E-state index contributed by atoms with van der Waals surface area (Å²) in [5, 5.41) is 0. The standard InChI is InChI=1S/C6H12O3S/c1-5-4-6(2)9-10(3,7)8-5/h5-6H,3-4H2,1-2H3. The zero-order valence-electron chi connectivity index (χ0n) is 6.20. The van der Waals surface area contributed by atoms with Gasteiger partial charge in [-0.15, -0.1) is 0 Å². The van der Waals surface area contributed by atoms with Crippen LogP contribution < -0.4 is 0 Å². The van der Waals surface area contributed by atoms with E-state index in [1.165, 1.54) is 0 Å². The quantitative estimate of drug-likeness (QED) is 0.495. The summed E-state index contributed by atoms with van der Waals surface area (Å²) >= 11 is 0. The fourth-order valence-corrected chi connectivity index (χ4v) is 2.27. The zero-order valence-corrected chi connectivity index (χ0v) is 7.02. The number of hydrogen-bond acceptors (Lipinski definition) is 3. The minimum absolute atomic E-state index is 0.00579.